The first-order valence-electron chi connectivity index (χ1n) is 5.65. The Labute approximate surface area is 115 Å². The molecule has 1 heterocycles. The molecular weight excluding hydrogens is 264 g/mol. The van der Waals surface area contributed by atoms with Crippen molar-refractivity contribution in [3.63, 3.8) is 0 Å². The second kappa shape index (κ2) is 5.79. The lowest BCUT2D eigenvalue weighted by Gasteiger charge is -2.12. The molecule has 0 saturated heterocycles. The van der Waals surface area contributed by atoms with Crippen LogP contribution in [-0.4, -0.2) is 33.5 Å². The van der Waals surface area contributed by atoms with Crippen molar-refractivity contribution in [2.45, 2.75) is 12.1 Å². The number of aryl methyl sites for hydroxylation is 1. The molecule has 0 atom stereocenters. The molecule has 1 aromatic carbocycles. The number of carboxylic acids is 1. The Morgan fingerprint density at radius 3 is 3.00 bits per heavy atom. The molecule has 1 aromatic heterocycles. The van der Waals surface area contributed by atoms with Gasteiger partial charge in [0.1, 0.15) is 5.75 Å². The van der Waals surface area contributed by atoms with Gasteiger partial charge in [-0.1, -0.05) is 17.8 Å². The van der Waals surface area contributed by atoms with E-state index in [0.29, 0.717) is 5.16 Å². The molecule has 5 nitrogen and oxygen atoms in total. The number of thioether (sulfide) groups is 1. The summed E-state index contributed by atoms with van der Waals surface area (Å²) < 4.78 is 7.16. The summed E-state index contributed by atoms with van der Waals surface area (Å²) in [6, 6.07) is 5.82. The molecule has 0 unspecified atom stereocenters. The molecule has 100 valence electrons. The van der Waals surface area contributed by atoms with Crippen molar-refractivity contribution in [2.75, 3.05) is 12.9 Å². The molecule has 2 rings (SSSR count). The molecule has 0 fully saturated rings. The van der Waals surface area contributed by atoms with Gasteiger partial charge in [-0.15, -0.1) is 0 Å². The van der Waals surface area contributed by atoms with Gasteiger partial charge in [0.2, 0.25) is 0 Å². The summed E-state index contributed by atoms with van der Waals surface area (Å²) in [5.41, 5.74) is 1.95. The molecule has 0 amide bonds. The van der Waals surface area contributed by atoms with E-state index in [0.717, 1.165) is 17.0 Å². The number of methoxy groups -OCH3 is 1. The lowest BCUT2D eigenvalue weighted by molar-refractivity contribution is -0.133. The molecule has 0 saturated carbocycles. The number of benzene rings is 1. The standard InChI is InChI=1S/C13H14N2O3S/c1-9-3-4-11(18-2)10(7-9)15-6-5-14-13(15)19-8-12(16)17/h3-7H,8H2,1-2H3,(H,16,17). The lowest BCUT2D eigenvalue weighted by Crippen LogP contribution is -2.03. The summed E-state index contributed by atoms with van der Waals surface area (Å²) >= 11 is 1.18. The molecular formula is C13H14N2O3S. The highest BCUT2D eigenvalue weighted by Crippen LogP contribution is 2.28. The van der Waals surface area contributed by atoms with E-state index in [1.54, 1.807) is 19.5 Å². The van der Waals surface area contributed by atoms with Crippen molar-refractivity contribution in [3.8, 4) is 11.4 Å². The first-order valence-corrected chi connectivity index (χ1v) is 6.63. The number of nitrogens with zero attached hydrogens (tertiary/aromatic N) is 2. The largest absolute Gasteiger partial charge is 0.495 e. The minimum Gasteiger partial charge on any atom is -0.495 e. The summed E-state index contributed by atoms with van der Waals surface area (Å²) in [5, 5.41) is 9.37. The number of aliphatic carboxylic acids is 1. The Balaban J connectivity index is 2.39. The van der Waals surface area contributed by atoms with Crippen LogP contribution >= 0.6 is 11.8 Å². The van der Waals surface area contributed by atoms with E-state index in [9.17, 15) is 4.79 Å². The van der Waals surface area contributed by atoms with E-state index in [-0.39, 0.29) is 5.75 Å². The number of carbonyl (C=O) groups is 1. The zero-order chi connectivity index (χ0) is 13.8. The summed E-state index contributed by atoms with van der Waals surface area (Å²) in [5.74, 6) is -0.165. The summed E-state index contributed by atoms with van der Waals surface area (Å²) in [6.45, 7) is 1.99. The van der Waals surface area contributed by atoms with E-state index >= 15 is 0 Å². The molecule has 0 bridgehead atoms. The van der Waals surface area contributed by atoms with Crippen LogP contribution in [0.2, 0.25) is 0 Å². The third kappa shape index (κ3) is 3.08. The maximum absolute atomic E-state index is 10.6. The predicted octanol–water partition coefficient (Wildman–Crippen LogP) is 2.37. The number of carboxylic acid groups (broad SMARTS) is 1. The van der Waals surface area contributed by atoms with E-state index < -0.39 is 5.97 Å². The van der Waals surface area contributed by atoms with Crippen molar-refractivity contribution in [1.82, 2.24) is 9.55 Å². The number of rotatable bonds is 5. The third-order valence-corrected chi connectivity index (χ3v) is 3.48. The van der Waals surface area contributed by atoms with Gasteiger partial charge in [0, 0.05) is 12.4 Å². The fourth-order valence-electron chi connectivity index (χ4n) is 1.69. The van der Waals surface area contributed by atoms with E-state index in [1.165, 1.54) is 11.8 Å². The van der Waals surface area contributed by atoms with Gasteiger partial charge in [-0.05, 0) is 24.6 Å². The minimum atomic E-state index is -0.865. The van der Waals surface area contributed by atoms with Gasteiger partial charge in [0.05, 0.1) is 18.6 Å². The number of aromatic nitrogens is 2. The fourth-order valence-corrected chi connectivity index (χ4v) is 2.38. The number of imidazole rings is 1. The zero-order valence-electron chi connectivity index (χ0n) is 10.7. The molecule has 2 aromatic rings. The van der Waals surface area contributed by atoms with Crippen molar-refractivity contribution < 1.29 is 14.6 Å². The zero-order valence-corrected chi connectivity index (χ0v) is 11.5. The van der Waals surface area contributed by atoms with E-state index in [4.69, 9.17) is 9.84 Å². The van der Waals surface area contributed by atoms with Crippen LogP contribution in [0, 0.1) is 6.92 Å². The molecule has 1 N–H and O–H groups in total. The Hall–Kier alpha value is -1.95. The van der Waals surface area contributed by atoms with Gasteiger partial charge in [-0.2, -0.15) is 0 Å². The van der Waals surface area contributed by atoms with Gasteiger partial charge in [0.25, 0.3) is 0 Å². The first-order chi connectivity index (χ1) is 9.11. The molecule has 0 aliphatic heterocycles. The smallest absolute Gasteiger partial charge is 0.313 e. The van der Waals surface area contributed by atoms with Crippen LogP contribution in [0.3, 0.4) is 0 Å². The summed E-state index contributed by atoms with van der Waals surface area (Å²) in [7, 11) is 1.61. The Bertz CT molecular complexity index is 595. The van der Waals surface area contributed by atoms with Crippen molar-refractivity contribution in [2.24, 2.45) is 0 Å². The van der Waals surface area contributed by atoms with Gasteiger partial charge >= 0.3 is 5.97 Å². The third-order valence-electron chi connectivity index (χ3n) is 2.53. The Kier molecular flexibility index (Phi) is 4.11. The normalized spacial score (nSPS) is 10.4. The Morgan fingerprint density at radius 2 is 2.32 bits per heavy atom. The average Bonchev–Trinajstić information content (AvgIpc) is 2.84. The minimum absolute atomic E-state index is 0.0227. The van der Waals surface area contributed by atoms with Crippen molar-refractivity contribution >= 4 is 17.7 Å². The monoisotopic (exact) mass is 278 g/mol. The fraction of sp³-hybridized carbons (Fsp3) is 0.231. The van der Waals surface area contributed by atoms with Gasteiger partial charge in [0.15, 0.2) is 5.16 Å². The molecule has 0 aliphatic carbocycles. The summed E-state index contributed by atoms with van der Waals surface area (Å²) in [6.07, 6.45) is 3.44. The van der Waals surface area contributed by atoms with E-state index in [1.807, 2.05) is 29.7 Å². The topological polar surface area (TPSA) is 64.4 Å². The highest BCUT2D eigenvalue weighted by molar-refractivity contribution is 7.99. The van der Waals surface area contributed by atoms with Crippen LogP contribution in [0.4, 0.5) is 0 Å². The highest BCUT2D eigenvalue weighted by Gasteiger charge is 2.12. The number of ether oxygens (including phenoxy) is 1. The number of hydrogen-bond donors (Lipinski definition) is 1. The van der Waals surface area contributed by atoms with Gasteiger partial charge in [-0.3, -0.25) is 9.36 Å². The lowest BCUT2D eigenvalue weighted by atomic mass is 10.2. The van der Waals surface area contributed by atoms with Crippen molar-refractivity contribution in [3.05, 3.63) is 36.2 Å². The van der Waals surface area contributed by atoms with Gasteiger partial charge in [-0.25, -0.2) is 4.98 Å². The highest BCUT2D eigenvalue weighted by atomic mass is 32.2. The van der Waals surface area contributed by atoms with Crippen molar-refractivity contribution in [1.29, 1.82) is 0 Å². The number of hydrogen-bond acceptors (Lipinski definition) is 4. The molecule has 0 radical (unpaired) electrons. The Morgan fingerprint density at radius 1 is 1.53 bits per heavy atom. The van der Waals surface area contributed by atoms with Crippen LogP contribution < -0.4 is 4.74 Å². The predicted molar refractivity (Wildman–Crippen MR) is 73.2 cm³/mol. The molecule has 0 aliphatic rings. The van der Waals surface area contributed by atoms with Crippen LogP contribution in [0.1, 0.15) is 5.56 Å². The SMILES string of the molecule is COc1ccc(C)cc1-n1ccnc1SCC(=O)O. The maximum atomic E-state index is 10.6. The second-order valence-corrected chi connectivity index (χ2v) is 4.88. The summed E-state index contributed by atoms with van der Waals surface area (Å²) in [4.78, 5) is 14.8. The average molecular weight is 278 g/mol. The molecule has 19 heavy (non-hydrogen) atoms. The van der Waals surface area contributed by atoms with Crippen LogP contribution in [0.5, 0.6) is 5.75 Å². The molecule has 0 spiro atoms. The first kappa shape index (κ1) is 13.5. The van der Waals surface area contributed by atoms with Crippen LogP contribution in [-0.2, 0) is 4.79 Å². The van der Waals surface area contributed by atoms with E-state index in [2.05, 4.69) is 4.98 Å². The maximum Gasteiger partial charge on any atom is 0.313 e. The van der Waals surface area contributed by atoms with Crippen LogP contribution in [0.15, 0.2) is 35.7 Å². The second-order valence-electron chi connectivity index (χ2n) is 3.94. The van der Waals surface area contributed by atoms with Crippen LogP contribution in [0.25, 0.3) is 5.69 Å². The quantitative estimate of drug-likeness (QED) is 0.851. The molecule has 6 heteroatoms. The van der Waals surface area contributed by atoms with Gasteiger partial charge < -0.3 is 9.84 Å².